The highest BCUT2D eigenvalue weighted by Crippen LogP contribution is 2.22. The van der Waals surface area contributed by atoms with Gasteiger partial charge in [-0.3, -0.25) is 23.9 Å². The van der Waals surface area contributed by atoms with Crippen molar-refractivity contribution in [2.75, 3.05) is 6.54 Å². The number of hydrogen-bond donors (Lipinski definition) is 3. The lowest BCUT2D eigenvalue weighted by Crippen LogP contribution is -2.54. The van der Waals surface area contributed by atoms with Gasteiger partial charge in [-0.15, -0.1) is 0 Å². The second-order valence-electron chi connectivity index (χ2n) is 6.13. The number of carbonyl (C=O) groups is 2. The van der Waals surface area contributed by atoms with Crippen molar-refractivity contribution in [2.24, 2.45) is 5.73 Å². The summed E-state index contributed by atoms with van der Waals surface area (Å²) in [5, 5.41) is 9.10. The van der Waals surface area contributed by atoms with Crippen molar-refractivity contribution >= 4 is 11.9 Å². The third-order valence-electron chi connectivity index (χ3n) is 4.30. The van der Waals surface area contributed by atoms with Crippen molar-refractivity contribution in [3.63, 3.8) is 0 Å². The Bertz CT molecular complexity index is 738. The standard InChI is InChI=1S/C15H22N4O5/c1-9-6-18(15(24)17-14(9)23)7-12(20)19(8-13(21)22)11-5-3-2-4-10(11)16/h6,10-11H,2-5,7-8,16H2,1H3,(H,21,22)(H,17,23,24). The van der Waals surface area contributed by atoms with E-state index in [1.807, 2.05) is 0 Å². The maximum atomic E-state index is 12.6. The highest BCUT2D eigenvalue weighted by Gasteiger charge is 2.32. The molecule has 0 aliphatic heterocycles. The summed E-state index contributed by atoms with van der Waals surface area (Å²) < 4.78 is 1.07. The molecule has 1 amide bonds. The number of amides is 1. The fourth-order valence-electron chi connectivity index (χ4n) is 3.04. The van der Waals surface area contributed by atoms with Crippen LogP contribution in [0.25, 0.3) is 0 Å². The molecule has 2 unspecified atom stereocenters. The molecule has 9 nitrogen and oxygen atoms in total. The SMILES string of the molecule is Cc1cn(CC(=O)N(CC(=O)O)C2CCCCC2N)c(=O)[nH]c1=O. The fourth-order valence-corrected chi connectivity index (χ4v) is 3.04. The Labute approximate surface area is 138 Å². The van der Waals surface area contributed by atoms with E-state index < -0.39 is 29.7 Å². The van der Waals surface area contributed by atoms with Gasteiger partial charge in [0.05, 0.1) is 0 Å². The summed E-state index contributed by atoms with van der Waals surface area (Å²) >= 11 is 0. The molecule has 0 spiro atoms. The zero-order chi connectivity index (χ0) is 17.9. The Morgan fingerprint density at radius 2 is 2.04 bits per heavy atom. The number of carbonyl (C=O) groups excluding carboxylic acids is 1. The van der Waals surface area contributed by atoms with E-state index >= 15 is 0 Å². The monoisotopic (exact) mass is 338 g/mol. The van der Waals surface area contributed by atoms with Crippen molar-refractivity contribution in [3.05, 3.63) is 32.6 Å². The molecule has 1 saturated carbocycles. The van der Waals surface area contributed by atoms with Crippen LogP contribution in [0.5, 0.6) is 0 Å². The molecular formula is C15H22N4O5. The van der Waals surface area contributed by atoms with Crippen LogP contribution >= 0.6 is 0 Å². The van der Waals surface area contributed by atoms with Gasteiger partial charge in [-0.2, -0.15) is 0 Å². The summed E-state index contributed by atoms with van der Waals surface area (Å²) in [6.07, 6.45) is 4.48. The summed E-state index contributed by atoms with van der Waals surface area (Å²) in [5.74, 6) is -1.64. The Hall–Kier alpha value is -2.42. The lowest BCUT2D eigenvalue weighted by molar-refractivity contribution is -0.147. The minimum Gasteiger partial charge on any atom is -0.480 e. The first-order chi connectivity index (χ1) is 11.3. The maximum absolute atomic E-state index is 12.6. The summed E-state index contributed by atoms with van der Waals surface area (Å²) in [7, 11) is 0. The van der Waals surface area contributed by atoms with E-state index in [1.165, 1.54) is 18.0 Å². The second kappa shape index (κ2) is 7.43. The van der Waals surface area contributed by atoms with Crippen molar-refractivity contribution in [1.29, 1.82) is 0 Å². The van der Waals surface area contributed by atoms with E-state index in [4.69, 9.17) is 10.8 Å². The first kappa shape index (κ1) is 17.9. The number of aliphatic carboxylic acids is 1. The summed E-state index contributed by atoms with van der Waals surface area (Å²) in [5.41, 5.74) is 5.13. The van der Waals surface area contributed by atoms with Crippen molar-refractivity contribution in [1.82, 2.24) is 14.5 Å². The van der Waals surface area contributed by atoms with Crippen LogP contribution < -0.4 is 17.0 Å². The molecular weight excluding hydrogens is 316 g/mol. The number of aromatic amines is 1. The molecule has 1 aromatic heterocycles. The molecule has 1 fully saturated rings. The van der Waals surface area contributed by atoms with Gasteiger partial charge in [0.1, 0.15) is 13.1 Å². The average molecular weight is 338 g/mol. The molecule has 1 aromatic rings. The minimum absolute atomic E-state index is 0.281. The van der Waals surface area contributed by atoms with Gasteiger partial charge in [0.15, 0.2) is 0 Å². The molecule has 4 N–H and O–H groups in total. The van der Waals surface area contributed by atoms with E-state index in [1.54, 1.807) is 0 Å². The predicted octanol–water partition coefficient (Wildman–Crippen LogP) is -0.972. The first-order valence-corrected chi connectivity index (χ1v) is 7.87. The number of nitrogens with zero attached hydrogens (tertiary/aromatic N) is 2. The zero-order valence-electron chi connectivity index (χ0n) is 13.5. The topological polar surface area (TPSA) is 138 Å². The number of H-pyrrole nitrogens is 1. The van der Waals surface area contributed by atoms with E-state index in [0.29, 0.717) is 12.0 Å². The second-order valence-corrected chi connectivity index (χ2v) is 6.13. The average Bonchev–Trinajstić information content (AvgIpc) is 2.51. The number of nitrogens with one attached hydrogen (secondary N) is 1. The van der Waals surface area contributed by atoms with E-state index in [-0.39, 0.29) is 18.6 Å². The Kier molecular flexibility index (Phi) is 5.55. The minimum atomic E-state index is -1.13. The van der Waals surface area contributed by atoms with Crippen molar-refractivity contribution < 1.29 is 14.7 Å². The Morgan fingerprint density at radius 1 is 1.38 bits per heavy atom. The van der Waals surface area contributed by atoms with Crippen LogP contribution in [0.1, 0.15) is 31.2 Å². The molecule has 2 rings (SSSR count). The van der Waals surface area contributed by atoms with E-state index in [2.05, 4.69) is 4.98 Å². The lowest BCUT2D eigenvalue weighted by Gasteiger charge is -2.37. The summed E-state index contributed by atoms with van der Waals surface area (Å²) in [6.45, 7) is 0.715. The fraction of sp³-hybridized carbons (Fsp3) is 0.600. The molecule has 0 bridgehead atoms. The molecule has 1 aliphatic rings. The number of carboxylic acid groups (broad SMARTS) is 1. The predicted molar refractivity (Wildman–Crippen MR) is 85.6 cm³/mol. The highest BCUT2D eigenvalue weighted by molar-refractivity contribution is 5.81. The maximum Gasteiger partial charge on any atom is 0.328 e. The third-order valence-corrected chi connectivity index (χ3v) is 4.30. The van der Waals surface area contributed by atoms with Gasteiger partial charge in [-0.25, -0.2) is 4.79 Å². The highest BCUT2D eigenvalue weighted by atomic mass is 16.4. The first-order valence-electron chi connectivity index (χ1n) is 7.87. The number of rotatable bonds is 5. The summed E-state index contributed by atoms with van der Waals surface area (Å²) in [4.78, 5) is 50.3. The number of nitrogens with two attached hydrogens (primary N) is 1. The summed E-state index contributed by atoms with van der Waals surface area (Å²) in [6, 6.07) is -0.641. The van der Waals surface area contributed by atoms with Crippen LogP contribution in [0.2, 0.25) is 0 Å². The Morgan fingerprint density at radius 3 is 2.67 bits per heavy atom. The van der Waals surface area contributed by atoms with E-state index in [0.717, 1.165) is 23.8 Å². The van der Waals surface area contributed by atoms with Gasteiger partial charge in [0, 0.05) is 23.8 Å². The van der Waals surface area contributed by atoms with Gasteiger partial charge in [0.2, 0.25) is 5.91 Å². The van der Waals surface area contributed by atoms with Crippen LogP contribution in [0.15, 0.2) is 15.8 Å². The Balaban J connectivity index is 2.24. The van der Waals surface area contributed by atoms with Crippen molar-refractivity contribution in [2.45, 2.75) is 51.2 Å². The number of hydrogen-bond acceptors (Lipinski definition) is 5. The number of carboxylic acids is 1. The van der Waals surface area contributed by atoms with Gasteiger partial charge >= 0.3 is 11.7 Å². The molecule has 132 valence electrons. The largest absolute Gasteiger partial charge is 0.480 e. The van der Waals surface area contributed by atoms with Crippen LogP contribution in [0.4, 0.5) is 0 Å². The van der Waals surface area contributed by atoms with Crippen molar-refractivity contribution in [3.8, 4) is 0 Å². The number of aromatic nitrogens is 2. The van der Waals surface area contributed by atoms with E-state index in [9.17, 15) is 19.2 Å². The molecule has 0 aromatic carbocycles. The number of aryl methyl sites for hydroxylation is 1. The molecule has 2 atom stereocenters. The smallest absolute Gasteiger partial charge is 0.328 e. The van der Waals surface area contributed by atoms with Crippen LogP contribution in [0.3, 0.4) is 0 Å². The molecule has 9 heteroatoms. The van der Waals surface area contributed by atoms with Gasteiger partial charge in [0.25, 0.3) is 5.56 Å². The lowest BCUT2D eigenvalue weighted by atomic mass is 9.89. The van der Waals surface area contributed by atoms with Gasteiger partial charge in [-0.1, -0.05) is 12.8 Å². The van der Waals surface area contributed by atoms with Crippen LogP contribution in [-0.4, -0.2) is 50.1 Å². The molecule has 1 heterocycles. The molecule has 24 heavy (non-hydrogen) atoms. The van der Waals surface area contributed by atoms with Crippen LogP contribution in [0, 0.1) is 6.92 Å². The van der Waals surface area contributed by atoms with Gasteiger partial charge in [-0.05, 0) is 19.8 Å². The van der Waals surface area contributed by atoms with Crippen LogP contribution in [-0.2, 0) is 16.1 Å². The molecule has 0 saturated heterocycles. The molecule has 1 aliphatic carbocycles. The zero-order valence-corrected chi connectivity index (χ0v) is 13.5. The normalized spacial score (nSPS) is 20.6. The third kappa shape index (κ3) is 4.10. The molecule has 0 radical (unpaired) electrons. The quantitative estimate of drug-likeness (QED) is 0.631. The van der Waals surface area contributed by atoms with Gasteiger partial charge < -0.3 is 15.7 Å².